The van der Waals surface area contributed by atoms with Gasteiger partial charge in [0.25, 0.3) is 0 Å². The zero-order valence-corrected chi connectivity index (χ0v) is 15.3. The number of aromatic nitrogens is 2. The minimum Gasteiger partial charge on any atom is -0.472 e. The number of hydrogen-bond acceptors (Lipinski definition) is 3. The van der Waals surface area contributed by atoms with E-state index in [4.69, 9.17) is 4.42 Å². The molecule has 0 bridgehead atoms. The smallest absolute Gasteiger partial charge is 0.123 e. The normalized spacial score (nSPS) is 11.3. The lowest BCUT2D eigenvalue weighted by Crippen LogP contribution is -2.11. The van der Waals surface area contributed by atoms with Gasteiger partial charge in [-0.2, -0.15) is 5.10 Å². The van der Waals surface area contributed by atoms with E-state index in [1.54, 1.807) is 24.7 Å². The van der Waals surface area contributed by atoms with Gasteiger partial charge in [-0.25, -0.2) is 9.07 Å². The summed E-state index contributed by atoms with van der Waals surface area (Å²) in [7, 11) is 4.07. The second-order valence-corrected chi connectivity index (χ2v) is 6.73. The van der Waals surface area contributed by atoms with Crippen LogP contribution in [-0.4, -0.2) is 28.8 Å². The molecule has 0 aliphatic heterocycles. The van der Waals surface area contributed by atoms with Crippen LogP contribution in [0.15, 0.2) is 77.7 Å². The van der Waals surface area contributed by atoms with Crippen LogP contribution >= 0.6 is 0 Å². The summed E-state index contributed by atoms with van der Waals surface area (Å²) >= 11 is 0. The van der Waals surface area contributed by atoms with Crippen LogP contribution in [0.5, 0.6) is 0 Å². The molecule has 4 nitrogen and oxygen atoms in total. The van der Waals surface area contributed by atoms with E-state index in [-0.39, 0.29) is 5.82 Å². The Kier molecular flexibility index (Phi) is 4.60. The average Bonchev–Trinajstić information content (AvgIpc) is 3.31. The fraction of sp³-hybridized carbons (Fsp3) is 0.136. The fourth-order valence-corrected chi connectivity index (χ4v) is 3.18. The number of furan rings is 1. The quantitative estimate of drug-likeness (QED) is 0.502. The minimum absolute atomic E-state index is 0.231. The lowest BCUT2D eigenvalue weighted by atomic mass is 10.1. The molecule has 2 aromatic heterocycles. The Labute approximate surface area is 157 Å². The minimum atomic E-state index is -0.231. The van der Waals surface area contributed by atoms with Gasteiger partial charge in [0.2, 0.25) is 0 Å². The van der Waals surface area contributed by atoms with Crippen LogP contribution in [0.4, 0.5) is 4.39 Å². The zero-order chi connectivity index (χ0) is 18.8. The van der Waals surface area contributed by atoms with Gasteiger partial charge in [-0.3, -0.25) is 0 Å². The van der Waals surface area contributed by atoms with Crippen LogP contribution in [0.2, 0.25) is 0 Å². The summed E-state index contributed by atoms with van der Waals surface area (Å²) in [4.78, 5) is 2.11. The highest BCUT2D eigenvalue weighted by atomic mass is 19.1. The van der Waals surface area contributed by atoms with Gasteiger partial charge in [0.05, 0.1) is 30.1 Å². The maximum absolute atomic E-state index is 13.1. The Morgan fingerprint density at radius 3 is 2.19 bits per heavy atom. The van der Waals surface area contributed by atoms with Crippen molar-refractivity contribution in [1.82, 2.24) is 14.7 Å². The van der Waals surface area contributed by atoms with Crippen molar-refractivity contribution in [1.29, 1.82) is 0 Å². The van der Waals surface area contributed by atoms with Crippen molar-refractivity contribution in [2.75, 3.05) is 14.1 Å². The molecule has 4 rings (SSSR count). The third-order valence-corrected chi connectivity index (χ3v) is 4.42. The van der Waals surface area contributed by atoms with Crippen molar-refractivity contribution >= 4 is 0 Å². The second-order valence-electron chi connectivity index (χ2n) is 6.73. The molecule has 5 heteroatoms. The number of halogens is 1. The molecule has 0 aliphatic rings. The molecule has 0 fully saturated rings. The van der Waals surface area contributed by atoms with E-state index in [2.05, 4.69) is 10.00 Å². The predicted molar refractivity (Wildman–Crippen MR) is 104 cm³/mol. The highest BCUT2D eigenvalue weighted by Crippen LogP contribution is 2.29. The van der Waals surface area contributed by atoms with Crippen molar-refractivity contribution in [2.24, 2.45) is 0 Å². The molecule has 4 aromatic rings. The van der Waals surface area contributed by atoms with Crippen molar-refractivity contribution < 1.29 is 8.81 Å². The molecule has 0 unspecified atom stereocenters. The van der Waals surface area contributed by atoms with E-state index in [0.717, 1.165) is 40.2 Å². The predicted octanol–water partition coefficient (Wildman–Crippen LogP) is 5.00. The van der Waals surface area contributed by atoms with Gasteiger partial charge >= 0.3 is 0 Å². The molecule has 0 amide bonds. The summed E-state index contributed by atoms with van der Waals surface area (Å²) in [6.45, 7) is 0.786. The maximum atomic E-state index is 13.1. The Balaban J connectivity index is 1.73. The van der Waals surface area contributed by atoms with Crippen molar-refractivity contribution in [3.63, 3.8) is 0 Å². The molecule has 2 aromatic carbocycles. The zero-order valence-electron chi connectivity index (χ0n) is 15.3. The van der Waals surface area contributed by atoms with Gasteiger partial charge < -0.3 is 9.32 Å². The third-order valence-electron chi connectivity index (χ3n) is 4.42. The first-order chi connectivity index (χ1) is 13.1. The van der Waals surface area contributed by atoms with Crippen molar-refractivity contribution in [2.45, 2.75) is 6.54 Å². The van der Waals surface area contributed by atoms with Crippen LogP contribution in [0.3, 0.4) is 0 Å². The molecule has 0 aliphatic carbocycles. The molecule has 0 spiro atoms. The topological polar surface area (TPSA) is 34.2 Å². The van der Waals surface area contributed by atoms with E-state index >= 15 is 0 Å². The highest BCUT2D eigenvalue weighted by Gasteiger charge is 2.16. The van der Waals surface area contributed by atoms with Gasteiger partial charge in [0, 0.05) is 17.7 Å². The average molecular weight is 361 g/mol. The van der Waals surface area contributed by atoms with Gasteiger partial charge in [0.1, 0.15) is 5.82 Å². The van der Waals surface area contributed by atoms with Crippen LogP contribution < -0.4 is 0 Å². The van der Waals surface area contributed by atoms with Gasteiger partial charge in [0.15, 0.2) is 0 Å². The Morgan fingerprint density at radius 1 is 0.926 bits per heavy atom. The van der Waals surface area contributed by atoms with Gasteiger partial charge in [-0.05, 0) is 55.6 Å². The molecule has 0 atom stereocenters. The standard InChI is InChI=1S/C22H20FN3O/c1-25(2)14-19-13-24-26(22(19)18-11-12-27-15-18)21-9-5-17(6-10-21)16-3-7-20(23)8-4-16/h3-13,15H,14H2,1-2H3. The molecule has 0 saturated carbocycles. The summed E-state index contributed by atoms with van der Waals surface area (Å²) in [5.41, 5.74) is 6.11. The lowest BCUT2D eigenvalue weighted by Gasteiger charge is -2.12. The molecule has 0 radical (unpaired) electrons. The Bertz CT molecular complexity index is 1020. The second kappa shape index (κ2) is 7.21. The number of rotatable bonds is 5. The summed E-state index contributed by atoms with van der Waals surface area (Å²) in [6.07, 6.45) is 5.31. The van der Waals surface area contributed by atoms with Gasteiger partial charge in [-0.15, -0.1) is 0 Å². The van der Waals surface area contributed by atoms with E-state index in [0.29, 0.717) is 0 Å². The maximum Gasteiger partial charge on any atom is 0.123 e. The first kappa shape index (κ1) is 17.2. The molecular weight excluding hydrogens is 341 g/mol. The molecule has 136 valence electrons. The molecule has 27 heavy (non-hydrogen) atoms. The van der Waals surface area contributed by atoms with Crippen molar-refractivity contribution in [3.8, 4) is 28.1 Å². The summed E-state index contributed by atoms with van der Waals surface area (Å²) in [5.74, 6) is -0.231. The first-order valence-corrected chi connectivity index (χ1v) is 8.72. The Hall–Kier alpha value is -3.18. The molecule has 2 heterocycles. The molecule has 0 saturated heterocycles. The van der Waals surface area contributed by atoms with E-state index in [1.807, 2.05) is 55.3 Å². The van der Waals surface area contributed by atoms with Crippen LogP contribution in [0, 0.1) is 5.82 Å². The highest BCUT2D eigenvalue weighted by molar-refractivity contribution is 5.67. The van der Waals surface area contributed by atoms with Gasteiger partial charge in [-0.1, -0.05) is 24.3 Å². The first-order valence-electron chi connectivity index (χ1n) is 8.72. The Morgan fingerprint density at radius 2 is 1.59 bits per heavy atom. The van der Waals surface area contributed by atoms with Crippen LogP contribution in [-0.2, 0) is 6.54 Å². The number of benzene rings is 2. The van der Waals surface area contributed by atoms with E-state index in [9.17, 15) is 4.39 Å². The number of nitrogens with zero attached hydrogens (tertiary/aromatic N) is 3. The van der Waals surface area contributed by atoms with Crippen molar-refractivity contribution in [3.05, 3.63) is 84.7 Å². The third kappa shape index (κ3) is 3.55. The fourth-order valence-electron chi connectivity index (χ4n) is 3.18. The lowest BCUT2D eigenvalue weighted by molar-refractivity contribution is 0.403. The summed E-state index contributed by atoms with van der Waals surface area (Å²) < 4.78 is 20.4. The molecular formula is C22H20FN3O. The SMILES string of the molecule is CN(C)Cc1cnn(-c2ccc(-c3ccc(F)cc3)cc2)c1-c1ccoc1. The van der Waals surface area contributed by atoms with Crippen LogP contribution in [0.25, 0.3) is 28.1 Å². The monoisotopic (exact) mass is 361 g/mol. The van der Waals surface area contributed by atoms with E-state index < -0.39 is 0 Å². The van der Waals surface area contributed by atoms with Crippen LogP contribution in [0.1, 0.15) is 5.56 Å². The van der Waals surface area contributed by atoms with E-state index in [1.165, 1.54) is 12.1 Å². The number of hydrogen-bond donors (Lipinski definition) is 0. The molecule has 0 N–H and O–H groups in total. The largest absolute Gasteiger partial charge is 0.472 e. The summed E-state index contributed by atoms with van der Waals surface area (Å²) in [5, 5.41) is 4.61. The summed E-state index contributed by atoms with van der Waals surface area (Å²) in [6, 6.07) is 16.5.